The number of rotatable bonds is 2. The van der Waals surface area contributed by atoms with Crippen LogP contribution < -0.4 is 4.90 Å². The van der Waals surface area contributed by atoms with Gasteiger partial charge in [-0.15, -0.1) is 0 Å². The van der Waals surface area contributed by atoms with Crippen molar-refractivity contribution in [2.75, 3.05) is 18.0 Å². The molecule has 2 heteroatoms. The number of fused-ring (bicyclic) bond motifs is 1. The maximum atomic E-state index is 9.57. The molecule has 0 saturated carbocycles. The van der Waals surface area contributed by atoms with Crippen molar-refractivity contribution in [2.45, 2.75) is 25.9 Å². The molecule has 0 radical (unpaired) electrons. The van der Waals surface area contributed by atoms with Crippen molar-refractivity contribution in [3.05, 3.63) is 65.2 Å². The second-order valence-corrected chi connectivity index (χ2v) is 5.52. The number of hydrogen-bond acceptors (Lipinski definition) is 2. The quantitative estimate of drug-likeness (QED) is 0.902. The minimum atomic E-state index is -0.391. The lowest BCUT2D eigenvalue weighted by Gasteiger charge is -2.23. The van der Waals surface area contributed by atoms with E-state index in [0.717, 1.165) is 31.5 Å². The van der Waals surface area contributed by atoms with E-state index in [1.165, 1.54) is 16.8 Å². The van der Waals surface area contributed by atoms with E-state index in [1.807, 2.05) is 12.1 Å². The van der Waals surface area contributed by atoms with Gasteiger partial charge >= 0.3 is 0 Å². The first-order chi connectivity index (χ1) is 9.74. The molecule has 20 heavy (non-hydrogen) atoms. The van der Waals surface area contributed by atoms with E-state index < -0.39 is 6.10 Å². The van der Waals surface area contributed by atoms with Crippen molar-refractivity contribution in [2.24, 2.45) is 0 Å². The molecule has 0 amide bonds. The first-order valence-electron chi connectivity index (χ1n) is 7.34. The number of nitrogens with zero attached hydrogens (tertiary/aromatic N) is 1. The predicted molar refractivity (Wildman–Crippen MR) is 83.1 cm³/mol. The van der Waals surface area contributed by atoms with E-state index in [2.05, 4.69) is 41.3 Å². The van der Waals surface area contributed by atoms with E-state index in [0.29, 0.717) is 0 Å². The molecule has 0 unspecified atom stereocenters. The Morgan fingerprint density at radius 2 is 1.45 bits per heavy atom. The van der Waals surface area contributed by atoms with Gasteiger partial charge in [-0.1, -0.05) is 36.4 Å². The molecule has 3 rings (SSSR count). The van der Waals surface area contributed by atoms with E-state index in [1.54, 1.807) is 6.92 Å². The lowest BCUT2D eigenvalue weighted by Crippen LogP contribution is -2.25. The van der Waals surface area contributed by atoms with Crippen molar-refractivity contribution in [3.63, 3.8) is 0 Å². The molecule has 0 bridgehead atoms. The highest BCUT2D eigenvalue weighted by molar-refractivity contribution is 5.49. The van der Waals surface area contributed by atoms with Gasteiger partial charge in [0, 0.05) is 18.8 Å². The lowest BCUT2D eigenvalue weighted by atomic mass is 10.0. The monoisotopic (exact) mass is 267 g/mol. The standard InChI is InChI=1S/C18H21NO/c1-14(20)15-6-8-18(9-7-15)19-12-10-16-4-2-3-5-17(16)11-13-19/h2-9,14,20H,10-13H2,1H3/t14-/m0/s1. The third-order valence-electron chi connectivity index (χ3n) is 4.16. The van der Waals surface area contributed by atoms with Gasteiger partial charge in [0.2, 0.25) is 0 Å². The van der Waals surface area contributed by atoms with Crippen LogP contribution in [0.3, 0.4) is 0 Å². The summed E-state index contributed by atoms with van der Waals surface area (Å²) >= 11 is 0. The van der Waals surface area contributed by atoms with Gasteiger partial charge in [-0.2, -0.15) is 0 Å². The zero-order valence-corrected chi connectivity index (χ0v) is 11.9. The molecule has 2 aromatic carbocycles. The molecule has 0 aromatic heterocycles. The van der Waals surface area contributed by atoms with Crippen LogP contribution in [0.25, 0.3) is 0 Å². The highest BCUT2D eigenvalue weighted by Gasteiger charge is 2.14. The van der Waals surface area contributed by atoms with Crippen LogP contribution in [0.2, 0.25) is 0 Å². The van der Waals surface area contributed by atoms with Crippen LogP contribution in [0.4, 0.5) is 5.69 Å². The van der Waals surface area contributed by atoms with E-state index in [9.17, 15) is 5.11 Å². The van der Waals surface area contributed by atoms with Gasteiger partial charge in [0.05, 0.1) is 6.10 Å². The summed E-state index contributed by atoms with van der Waals surface area (Å²) in [7, 11) is 0. The van der Waals surface area contributed by atoms with Crippen LogP contribution in [-0.4, -0.2) is 18.2 Å². The molecule has 1 N–H and O–H groups in total. The fourth-order valence-corrected chi connectivity index (χ4v) is 2.89. The summed E-state index contributed by atoms with van der Waals surface area (Å²) < 4.78 is 0. The highest BCUT2D eigenvalue weighted by Crippen LogP contribution is 2.23. The Morgan fingerprint density at radius 3 is 1.95 bits per heavy atom. The number of anilines is 1. The molecule has 2 aromatic rings. The van der Waals surface area contributed by atoms with E-state index >= 15 is 0 Å². The molecule has 0 aliphatic carbocycles. The second kappa shape index (κ2) is 5.68. The molecule has 104 valence electrons. The maximum absolute atomic E-state index is 9.57. The Kier molecular flexibility index (Phi) is 3.75. The summed E-state index contributed by atoms with van der Waals surface area (Å²) in [6, 6.07) is 17.1. The number of aliphatic hydroxyl groups excluding tert-OH is 1. The van der Waals surface area contributed by atoms with Gasteiger partial charge in [0.25, 0.3) is 0 Å². The molecule has 0 saturated heterocycles. The van der Waals surface area contributed by atoms with Gasteiger partial charge < -0.3 is 10.0 Å². The number of aliphatic hydroxyl groups is 1. The molecule has 1 aliphatic rings. The Labute approximate surface area is 120 Å². The Balaban J connectivity index is 1.76. The SMILES string of the molecule is C[C@H](O)c1ccc(N2CCc3ccccc3CC2)cc1. The summed E-state index contributed by atoms with van der Waals surface area (Å²) in [6.45, 7) is 3.92. The minimum absolute atomic E-state index is 0.391. The second-order valence-electron chi connectivity index (χ2n) is 5.52. The summed E-state index contributed by atoms with van der Waals surface area (Å²) in [5, 5.41) is 9.57. The topological polar surface area (TPSA) is 23.5 Å². The van der Waals surface area contributed by atoms with Crippen molar-refractivity contribution in [3.8, 4) is 0 Å². The lowest BCUT2D eigenvalue weighted by molar-refractivity contribution is 0.199. The van der Waals surface area contributed by atoms with Crippen LogP contribution in [0.5, 0.6) is 0 Å². The van der Waals surface area contributed by atoms with Crippen LogP contribution in [0.15, 0.2) is 48.5 Å². The normalized spacial score (nSPS) is 16.4. The molecule has 1 heterocycles. The number of hydrogen-bond donors (Lipinski definition) is 1. The van der Waals surface area contributed by atoms with Gasteiger partial charge in [-0.05, 0) is 48.6 Å². The Morgan fingerprint density at radius 1 is 0.900 bits per heavy atom. The first-order valence-corrected chi connectivity index (χ1v) is 7.34. The Bertz CT molecular complexity index is 547. The van der Waals surface area contributed by atoms with Crippen LogP contribution in [0.1, 0.15) is 29.7 Å². The third-order valence-corrected chi connectivity index (χ3v) is 4.16. The third kappa shape index (κ3) is 2.70. The molecule has 0 spiro atoms. The molecular formula is C18H21NO. The average Bonchev–Trinajstić information content (AvgIpc) is 2.70. The summed E-state index contributed by atoms with van der Waals surface area (Å²) in [5.41, 5.74) is 5.19. The van der Waals surface area contributed by atoms with Gasteiger partial charge in [-0.25, -0.2) is 0 Å². The molecule has 1 aliphatic heterocycles. The summed E-state index contributed by atoms with van der Waals surface area (Å²) in [5.74, 6) is 0. The highest BCUT2D eigenvalue weighted by atomic mass is 16.3. The zero-order valence-electron chi connectivity index (χ0n) is 11.9. The minimum Gasteiger partial charge on any atom is -0.389 e. The van der Waals surface area contributed by atoms with Crippen LogP contribution in [-0.2, 0) is 12.8 Å². The number of benzene rings is 2. The van der Waals surface area contributed by atoms with Crippen LogP contribution >= 0.6 is 0 Å². The van der Waals surface area contributed by atoms with E-state index in [-0.39, 0.29) is 0 Å². The fourth-order valence-electron chi connectivity index (χ4n) is 2.89. The van der Waals surface area contributed by atoms with Gasteiger partial charge in [-0.3, -0.25) is 0 Å². The first kappa shape index (κ1) is 13.2. The van der Waals surface area contributed by atoms with Crippen LogP contribution in [0, 0.1) is 0 Å². The van der Waals surface area contributed by atoms with Crippen molar-refractivity contribution >= 4 is 5.69 Å². The largest absolute Gasteiger partial charge is 0.389 e. The van der Waals surface area contributed by atoms with Crippen molar-refractivity contribution in [1.82, 2.24) is 0 Å². The summed E-state index contributed by atoms with van der Waals surface area (Å²) in [4.78, 5) is 2.44. The van der Waals surface area contributed by atoms with Gasteiger partial charge in [0.15, 0.2) is 0 Å². The zero-order chi connectivity index (χ0) is 13.9. The van der Waals surface area contributed by atoms with Crippen molar-refractivity contribution in [1.29, 1.82) is 0 Å². The molecule has 2 nitrogen and oxygen atoms in total. The predicted octanol–water partition coefficient (Wildman–Crippen LogP) is 3.35. The smallest absolute Gasteiger partial charge is 0.0761 e. The van der Waals surface area contributed by atoms with Gasteiger partial charge in [0.1, 0.15) is 0 Å². The van der Waals surface area contributed by atoms with E-state index in [4.69, 9.17) is 0 Å². The fraction of sp³-hybridized carbons (Fsp3) is 0.333. The molecule has 1 atom stereocenters. The van der Waals surface area contributed by atoms with Crippen molar-refractivity contribution < 1.29 is 5.11 Å². The maximum Gasteiger partial charge on any atom is 0.0761 e. The average molecular weight is 267 g/mol. The summed E-state index contributed by atoms with van der Waals surface area (Å²) in [6.07, 6.45) is 1.82. The molecular weight excluding hydrogens is 246 g/mol. The Hall–Kier alpha value is -1.80. The molecule has 0 fully saturated rings.